The lowest BCUT2D eigenvalue weighted by atomic mass is 10.0. The van der Waals surface area contributed by atoms with Crippen LogP contribution >= 0.6 is 0 Å². The number of halogens is 3. The zero-order valence-electron chi connectivity index (χ0n) is 38.0. The lowest BCUT2D eigenvalue weighted by Gasteiger charge is -2.10. The first-order chi connectivity index (χ1) is 31.9. The molecule has 4 aromatic heterocycles. The predicted octanol–water partition coefficient (Wildman–Crippen LogP) is 10.7. The lowest BCUT2D eigenvalue weighted by molar-refractivity contribution is 0.325. The third-order valence-corrected chi connectivity index (χ3v) is 9.59. The summed E-state index contributed by atoms with van der Waals surface area (Å²) in [5.74, 6) is 0.422. The Labute approximate surface area is 381 Å². The molecule has 340 valence electrons. The Morgan fingerprint density at radius 2 is 0.924 bits per heavy atom. The summed E-state index contributed by atoms with van der Waals surface area (Å²) in [6.07, 6.45) is 11.3. The second-order valence-electron chi connectivity index (χ2n) is 14.1. The van der Waals surface area contributed by atoms with Gasteiger partial charge in [0.1, 0.15) is 23.8 Å². The van der Waals surface area contributed by atoms with E-state index >= 15 is 0 Å². The van der Waals surface area contributed by atoms with E-state index in [4.69, 9.17) is 23.7 Å². The Morgan fingerprint density at radius 1 is 0.455 bits per heavy atom. The molecule has 0 fully saturated rings. The van der Waals surface area contributed by atoms with Crippen LogP contribution in [0, 0.1) is 45.1 Å². The van der Waals surface area contributed by atoms with Crippen molar-refractivity contribution in [3.05, 3.63) is 162 Å². The summed E-state index contributed by atoms with van der Waals surface area (Å²) in [4.78, 5) is 32.5. The van der Waals surface area contributed by atoms with Gasteiger partial charge in [0, 0.05) is 35.9 Å². The minimum absolute atomic E-state index is 0.213. The first kappa shape index (κ1) is 49.0. The molecule has 4 heterocycles. The maximum Gasteiger partial charge on any atom is 0.319 e. The Bertz CT molecular complexity index is 2740. The third kappa shape index (κ3) is 13.3. The standard InChI is InChI=1S/2C13H13FN2O2.C13H14N2O.C11H9FN2/c2*1-8-4-5-9(14)6-10(8)11-7-15-13(18-3)16-12(11)17-2;1-3-16-13-9-14-8-12(15-13)11-7-5-4-6-10(11)2;1-8-2-3-10(12)4-11(8)9-5-13-7-14-6-9/h2*4-7H,1-3H3;4-9H,3H2,1-2H3;2-7H,1H3. The molecule has 0 bridgehead atoms. The van der Waals surface area contributed by atoms with Crippen molar-refractivity contribution in [2.75, 3.05) is 35.0 Å². The summed E-state index contributed by atoms with van der Waals surface area (Å²) >= 11 is 0. The summed E-state index contributed by atoms with van der Waals surface area (Å²) < 4.78 is 65.2. The quantitative estimate of drug-likeness (QED) is 0.128. The van der Waals surface area contributed by atoms with Crippen molar-refractivity contribution in [2.24, 2.45) is 0 Å². The minimum atomic E-state index is -0.312. The fourth-order valence-electron chi connectivity index (χ4n) is 6.25. The van der Waals surface area contributed by atoms with Crippen molar-refractivity contribution in [3.8, 4) is 74.3 Å². The smallest absolute Gasteiger partial charge is 0.319 e. The molecule has 0 N–H and O–H groups in total. The van der Waals surface area contributed by atoms with E-state index < -0.39 is 0 Å². The maximum absolute atomic E-state index is 13.3. The number of aryl methyl sites for hydroxylation is 4. The zero-order chi connectivity index (χ0) is 47.6. The van der Waals surface area contributed by atoms with Gasteiger partial charge in [0.05, 0.1) is 64.3 Å². The molecule has 0 aliphatic rings. The fraction of sp³-hybridized carbons (Fsp3) is 0.200. The number of nitrogens with zero attached hydrogens (tertiary/aromatic N) is 8. The predicted molar refractivity (Wildman–Crippen MR) is 246 cm³/mol. The van der Waals surface area contributed by atoms with Crippen molar-refractivity contribution in [1.29, 1.82) is 0 Å². The zero-order valence-corrected chi connectivity index (χ0v) is 38.0. The van der Waals surface area contributed by atoms with E-state index in [0.717, 1.165) is 39.1 Å². The summed E-state index contributed by atoms with van der Waals surface area (Å²) in [6, 6.07) is 22.3. The van der Waals surface area contributed by atoms with E-state index in [1.807, 2.05) is 45.9 Å². The Hall–Kier alpha value is -8.01. The van der Waals surface area contributed by atoms with Gasteiger partial charge in [0.25, 0.3) is 0 Å². The van der Waals surface area contributed by atoms with Crippen LogP contribution in [0.3, 0.4) is 0 Å². The van der Waals surface area contributed by atoms with Gasteiger partial charge >= 0.3 is 12.0 Å². The Morgan fingerprint density at radius 3 is 1.39 bits per heavy atom. The minimum Gasteiger partial charge on any atom is -0.480 e. The second-order valence-corrected chi connectivity index (χ2v) is 14.1. The molecule has 0 spiro atoms. The van der Waals surface area contributed by atoms with E-state index in [1.54, 1.807) is 55.4 Å². The van der Waals surface area contributed by atoms with Crippen molar-refractivity contribution in [3.63, 3.8) is 0 Å². The van der Waals surface area contributed by atoms with Gasteiger partial charge in [0.15, 0.2) is 0 Å². The van der Waals surface area contributed by atoms with Gasteiger partial charge in [-0.3, -0.25) is 4.98 Å². The highest BCUT2D eigenvalue weighted by molar-refractivity contribution is 5.72. The molecule has 13 nitrogen and oxygen atoms in total. The van der Waals surface area contributed by atoms with Crippen LogP contribution in [0.5, 0.6) is 29.7 Å². The molecule has 0 amide bonds. The first-order valence-electron chi connectivity index (χ1n) is 20.3. The highest BCUT2D eigenvalue weighted by Gasteiger charge is 2.15. The van der Waals surface area contributed by atoms with Gasteiger partial charge in [0.2, 0.25) is 17.6 Å². The molecule has 0 radical (unpaired) electrons. The lowest BCUT2D eigenvalue weighted by Crippen LogP contribution is -1.98. The average molecular weight is 899 g/mol. The molecule has 8 rings (SSSR count). The van der Waals surface area contributed by atoms with Gasteiger partial charge in [-0.05, 0) is 110 Å². The number of hydrogen-bond acceptors (Lipinski definition) is 13. The number of benzene rings is 4. The van der Waals surface area contributed by atoms with E-state index in [1.165, 1.54) is 76.7 Å². The molecular formula is C50H49F3N8O5. The molecule has 0 saturated carbocycles. The fourth-order valence-corrected chi connectivity index (χ4v) is 6.25. The summed E-state index contributed by atoms with van der Waals surface area (Å²) in [5, 5.41) is 0. The van der Waals surface area contributed by atoms with Crippen LogP contribution in [0.4, 0.5) is 13.2 Å². The Balaban J connectivity index is 0.000000166. The van der Waals surface area contributed by atoms with Crippen LogP contribution in [0.15, 0.2) is 122 Å². The third-order valence-electron chi connectivity index (χ3n) is 9.59. The maximum atomic E-state index is 13.3. The molecule has 0 aliphatic carbocycles. The van der Waals surface area contributed by atoms with Crippen molar-refractivity contribution < 1.29 is 36.9 Å². The highest BCUT2D eigenvalue weighted by atomic mass is 19.1. The van der Waals surface area contributed by atoms with Gasteiger partial charge in [-0.15, -0.1) is 0 Å². The molecule has 0 saturated heterocycles. The number of ether oxygens (including phenoxy) is 5. The normalized spacial score (nSPS) is 10.2. The second kappa shape index (κ2) is 24.2. The summed E-state index contributed by atoms with van der Waals surface area (Å²) in [7, 11) is 5.95. The van der Waals surface area contributed by atoms with Crippen LogP contribution < -0.4 is 23.7 Å². The van der Waals surface area contributed by atoms with Gasteiger partial charge in [-0.2, -0.15) is 9.97 Å². The summed E-state index contributed by atoms with van der Waals surface area (Å²) in [6.45, 7) is 10.3. The topological polar surface area (TPSA) is 149 Å². The Kier molecular flexibility index (Phi) is 17.9. The van der Waals surface area contributed by atoms with Crippen LogP contribution in [-0.4, -0.2) is 74.9 Å². The molecule has 0 aliphatic heterocycles. The molecule has 0 unspecified atom stereocenters. The van der Waals surface area contributed by atoms with Gasteiger partial charge in [-0.25, -0.2) is 38.1 Å². The molecule has 8 aromatic rings. The molecule has 0 atom stereocenters. The average Bonchev–Trinajstić information content (AvgIpc) is 3.34. The van der Waals surface area contributed by atoms with E-state index in [-0.39, 0.29) is 29.5 Å². The highest BCUT2D eigenvalue weighted by Crippen LogP contribution is 2.33. The SMILES string of the molecule is CCOc1cncc(-c2ccccc2C)n1.COc1ncc(-c2cc(F)ccc2C)c(OC)n1.COc1ncc(-c2cc(F)ccc2C)c(OC)n1.Cc1ccc(F)cc1-c1cncnc1. The largest absolute Gasteiger partial charge is 0.480 e. The number of methoxy groups -OCH3 is 4. The van der Waals surface area contributed by atoms with Crippen molar-refractivity contribution >= 4 is 0 Å². The monoisotopic (exact) mass is 898 g/mol. The van der Waals surface area contributed by atoms with Crippen molar-refractivity contribution in [1.82, 2.24) is 39.9 Å². The van der Waals surface area contributed by atoms with E-state index in [2.05, 4.69) is 52.9 Å². The van der Waals surface area contributed by atoms with Gasteiger partial charge in [-0.1, -0.05) is 42.5 Å². The van der Waals surface area contributed by atoms with Crippen molar-refractivity contribution in [2.45, 2.75) is 34.6 Å². The first-order valence-corrected chi connectivity index (χ1v) is 20.3. The number of rotatable bonds is 10. The van der Waals surface area contributed by atoms with Crippen LogP contribution in [0.2, 0.25) is 0 Å². The van der Waals surface area contributed by atoms with Crippen LogP contribution in [0.1, 0.15) is 29.2 Å². The molecule has 66 heavy (non-hydrogen) atoms. The van der Waals surface area contributed by atoms with E-state index in [9.17, 15) is 13.2 Å². The number of aromatic nitrogens is 8. The molecule has 16 heteroatoms. The van der Waals surface area contributed by atoms with E-state index in [0.29, 0.717) is 46.5 Å². The molecular weight excluding hydrogens is 850 g/mol. The number of hydrogen-bond donors (Lipinski definition) is 0. The molecule has 4 aromatic carbocycles. The van der Waals surface area contributed by atoms with Gasteiger partial charge < -0.3 is 23.7 Å². The van der Waals surface area contributed by atoms with Crippen LogP contribution in [-0.2, 0) is 0 Å². The van der Waals surface area contributed by atoms with Crippen LogP contribution in [0.25, 0.3) is 44.6 Å². The summed E-state index contributed by atoms with van der Waals surface area (Å²) in [5.41, 5.74) is 10.3.